The maximum atomic E-state index is 12.7. The molecule has 0 spiro atoms. The number of fused-ring (bicyclic) bond motifs is 1. The molecule has 0 amide bonds. The number of hydrogen-bond donors (Lipinski definition) is 2. The zero-order valence-electron chi connectivity index (χ0n) is 22.2. The van der Waals surface area contributed by atoms with E-state index in [2.05, 4.69) is 32.3 Å². The van der Waals surface area contributed by atoms with Crippen molar-refractivity contribution in [2.24, 2.45) is 5.92 Å². The molecule has 5 unspecified atom stereocenters. The first-order valence-electron chi connectivity index (χ1n) is 13.2. The summed E-state index contributed by atoms with van der Waals surface area (Å²) in [5.74, 6) is 1.14. The molecule has 2 fully saturated rings. The van der Waals surface area contributed by atoms with Crippen molar-refractivity contribution >= 4 is 43.1 Å². The van der Waals surface area contributed by atoms with Crippen molar-refractivity contribution in [1.82, 2.24) is 24.6 Å². The van der Waals surface area contributed by atoms with Gasteiger partial charge in [0, 0.05) is 18.0 Å². The predicted molar refractivity (Wildman–Crippen MR) is 148 cm³/mol. The van der Waals surface area contributed by atoms with Gasteiger partial charge in [-0.1, -0.05) is 18.5 Å². The van der Waals surface area contributed by atoms with Crippen LogP contribution in [0.4, 0.5) is 5.82 Å². The summed E-state index contributed by atoms with van der Waals surface area (Å²) in [4.78, 5) is 25.9. The van der Waals surface area contributed by atoms with Crippen LogP contribution in [0.2, 0.25) is 5.02 Å². The predicted octanol–water partition coefficient (Wildman–Crippen LogP) is 5.23. The van der Waals surface area contributed by atoms with Crippen molar-refractivity contribution < 1.29 is 23.3 Å². The normalized spacial score (nSPS) is 23.1. The molecule has 5 atom stereocenters. The fourth-order valence-electron chi connectivity index (χ4n) is 4.90. The smallest absolute Gasteiger partial charge is 0.323 e. The van der Waals surface area contributed by atoms with Gasteiger partial charge in [-0.15, -0.1) is 0 Å². The average molecular weight is 577 g/mol. The first kappa shape index (κ1) is 28.0. The molecule has 5 rings (SSSR count). The number of halogens is 1. The molecule has 210 valence electrons. The van der Waals surface area contributed by atoms with E-state index in [4.69, 9.17) is 30.1 Å². The first-order chi connectivity index (χ1) is 18.9. The SMILES string of the molecule is CNc1ncnc2c1ncn2C1OC(COP(NC(C)C(=O)OC2CCCC2)Oc2ccc(Cl)cc2)CC1C. The highest BCUT2D eigenvalue weighted by Gasteiger charge is 2.36. The summed E-state index contributed by atoms with van der Waals surface area (Å²) in [7, 11) is 0.119. The molecule has 2 aliphatic rings. The lowest BCUT2D eigenvalue weighted by atomic mass is 10.1. The third-order valence-corrected chi connectivity index (χ3v) is 8.55. The number of rotatable bonds is 11. The van der Waals surface area contributed by atoms with Crippen LogP contribution in [-0.2, 0) is 18.8 Å². The summed E-state index contributed by atoms with van der Waals surface area (Å²) in [6.45, 7) is 4.17. The van der Waals surface area contributed by atoms with Crippen LogP contribution in [0.15, 0.2) is 36.9 Å². The third-order valence-electron chi connectivity index (χ3n) is 6.94. The summed E-state index contributed by atoms with van der Waals surface area (Å²) in [5.41, 5.74) is 1.40. The van der Waals surface area contributed by atoms with Gasteiger partial charge in [0.05, 0.1) is 19.0 Å². The van der Waals surface area contributed by atoms with Crippen molar-refractivity contribution in [3.63, 3.8) is 0 Å². The van der Waals surface area contributed by atoms with Crippen LogP contribution < -0.4 is 14.9 Å². The molecular formula is C26H34ClN6O5P. The van der Waals surface area contributed by atoms with Gasteiger partial charge in [0.15, 0.2) is 11.5 Å². The molecule has 3 heterocycles. The molecule has 1 aliphatic carbocycles. The van der Waals surface area contributed by atoms with Crippen LogP contribution in [0.1, 0.15) is 52.2 Å². The summed E-state index contributed by atoms with van der Waals surface area (Å²) in [5, 5.41) is 6.83. The van der Waals surface area contributed by atoms with Crippen LogP contribution in [0.25, 0.3) is 11.2 Å². The van der Waals surface area contributed by atoms with E-state index in [1.807, 2.05) is 4.57 Å². The Morgan fingerprint density at radius 2 is 2.00 bits per heavy atom. The number of carbonyl (C=O) groups is 1. The average Bonchev–Trinajstić information content (AvgIpc) is 3.68. The number of imidazole rings is 1. The van der Waals surface area contributed by atoms with Crippen molar-refractivity contribution in [2.75, 3.05) is 19.0 Å². The molecule has 13 heteroatoms. The lowest BCUT2D eigenvalue weighted by Crippen LogP contribution is -2.35. The minimum atomic E-state index is -1.68. The van der Waals surface area contributed by atoms with Gasteiger partial charge in [-0.2, -0.15) is 0 Å². The number of anilines is 1. The van der Waals surface area contributed by atoms with Crippen molar-refractivity contribution in [2.45, 2.75) is 70.4 Å². The topological polar surface area (TPSA) is 122 Å². The molecule has 2 aromatic heterocycles. The number of benzene rings is 1. The first-order valence-corrected chi connectivity index (χ1v) is 14.8. The highest BCUT2D eigenvalue weighted by molar-refractivity contribution is 7.45. The Labute approximate surface area is 233 Å². The van der Waals surface area contributed by atoms with Gasteiger partial charge in [0.2, 0.25) is 0 Å². The van der Waals surface area contributed by atoms with Gasteiger partial charge in [0.25, 0.3) is 0 Å². The van der Waals surface area contributed by atoms with Crippen LogP contribution in [0, 0.1) is 5.92 Å². The molecular weight excluding hydrogens is 543 g/mol. The fourth-order valence-corrected chi connectivity index (χ4v) is 6.24. The van der Waals surface area contributed by atoms with Gasteiger partial charge in [-0.05, 0) is 63.3 Å². The number of nitrogens with one attached hydrogen (secondary N) is 2. The summed E-state index contributed by atoms with van der Waals surface area (Å²) >= 11 is 6.03. The number of aromatic nitrogens is 4. The molecule has 1 aliphatic heterocycles. The summed E-state index contributed by atoms with van der Waals surface area (Å²) in [6.07, 6.45) is 7.59. The summed E-state index contributed by atoms with van der Waals surface area (Å²) < 4.78 is 26.3. The number of carbonyl (C=O) groups excluding carboxylic acids is 1. The van der Waals surface area contributed by atoms with Crippen molar-refractivity contribution in [1.29, 1.82) is 0 Å². The van der Waals surface area contributed by atoms with Gasteiger partial charge in [-0.25, -0.2) is 20.0 Å². The molecule has 1 aromatic carbocycles. The van der Waals surface area contributed by atoms with Crippen molar-refractivity contribution in [3.05, 3.63) is 41.9 Å². The number of esters is 1. The largest absolute Gasteiger partial charge is 0.461 e. The molecule has 0 bridgehead atoms. The molecule has 3 aromatic rings. The minimum Gasteiger partial charge on any atom is -0.461 e. The van der Waals surface area contributed by atoms with Crippen molar-refractivity contribution in [3.8, 4) is 5.75 Å². The van der Waals surface area contributed by atoms with Crippen LogP contribution >= 0.6 is 20.1 Å². The second kappa shape index (κ2) is 12.7. The van der Waals surface area contributed by atoms with E-state index in [1.54, 1.807) is 44.6 Å². The van der Waals surface area contributed by atoms with E-state index in [-0.39, 0.29) is 36.9 Å². The molecule has 2 N–H and O–H groups in total. The number of nitrogens with zero attached hydrogens (tertiary/aromatic N) is 4. The number of ether oxygens (including phenoxy) is 2. The number of hydrogen-bond acceptors (Lipinski definition) is 10. The Kier molecular flexibility index (Phi) is 9.14. The highest BCUT2D eigenvalue weighted by atomic mass is 35.5. The summed E-state index contributed by atoms with van der Waals surface area (Å²) in [6, 6.07) is 6.42. The molecule has 1 saturated carbocycles. The maximum Gasteiger partial charge on any atom is 0.323 e. The van der Waals surface area contributed by atoms with Gasteiger partial charge < -0.3 is 23.8 Å². The van der Waals surface area contributed by atoms with Gasteiger partial charge >= 0.3 is 14.5 Å². The minimum absolute atomic E-state index is 0.00916. The van der Waals surface area contributed by atoms with Gasteiger partial charge in [0.1, 0.15) is 36.0 Å². The van der Waals surface area contributed by atoms with E-state index < -0.39 is 14.6 Å². The van der Waals surface area contributed by atoms with Gasteiger partial charge in [-0.3, -0.25) is 9.36 Å². The third kappa shape index (κ3) is 6.78. The maximum absolute atomic E-state index is 12.7. The Morgan fingerprint density at radius 3 is 2.74 bits per heavy atom. The van der Waals surface area contributed by atoms with E-state index in [1.165, 1.54) is 6.33 Å². The Hall–Kier alpha value is -2.56. The second-order valence-electron chi connectivity index (χ2n) is 9.95. The van der Waals surface area contributed by atoms with Crippen LogP contribution in [0.5, 0.6) is 5.75 Å². The van der Waals surface area contributed by atoms with E-state index in [9.17, 15) is 4.79 Å². The lowest BCUT2D eigenvalue weighted by molar-refractivity contribution is -0.150. The Morgan fingerprint density at radius 1 is 1.23 bits per heavy atom. The zero-order chi connectivity index (χ0) is 27.4. The molecule has 0 radical (unpaired) electrons. The Balaban J connectivity index is 1.23. The van der Waals surface area contributed by atoms with E-state index in [0.717, 1.165) is 32.1 Å². The molecule has 39 heavy (non-hydrogen) atoms. The van der Waals surface area contributed by atoms with E-state index >= 15 is 0 Å². The standard InChI is InChI=1S/C26H34ClN6O5P/c1-16-12-21(36-25(16)33-15-31-22-23(28-3)29-14-30-24(22)33)13-35-39(38-20-10-8-18(27)9-11-20)32-17(2)26(34)37-19-6-4-5-7-19/h8-11,14-17,19,21,25,32H,4-7,12-13H2,1-3H3,(H,28,29,30). The molecule has 1 saturated heterocycles. The highest BCUT2D eigenvalue weighted by Crippen LogP contribution is 2.41. The monoisotopic (exact) mass is 576 g/mol. The fraction of sp³-hybridized carbons (Fsp3) is 0.538. The second-order valence-corrected chi connectivity index (χ2v) is 11.6. The van der Waals surface area contributed by atoms with Crippen LogP contribution in [0.3, 0.4) is 0 Å². The lowest BCUT2D eigenvalue weighted by Gasteiger charge is -2.24. The van der Waals surface area contributed by atoms with Crippen LogP contribution in [-0.4, -0.2) is 57.4 Å². The zero-order valence-corrected chi connectivity index (χ0v) is 23.9. The molecule has 11 nitrogen and oxygen atoms in total. The van der Waals surface area contributed by atoms with E-state index in [0.29, 0.717) is 27.8 Å². The quantitative estimate of drug-likeness (QED) is 0.232. The Bertz CT molecular complexity index is 1260.